The number of likely N-dealkylation sites (N-methyl/N-ethyl adjacent to an activating group) is 1. The van der Waals surface area contributed by atoms with Crippen molar-refractivity contribution in [1.82, 2.24) is 5.32 Å². The topological polar surface area (TPSA) is 32.3 Å². The van der Waals surface area contributed by atoms with Gasteiger partial charge < -0.3 is 10.4 Å². The van der Waals surface area contributed by atoms with E-state index < -0.39 is 11.4 Å². The van der Waals surface area contributed by atoms with E-state index in [9.17, 15) is 9.50 Å². The number of hydrogen-bond donors (Lipinski definition) is 2. The SMILES string of the molecule is CNCC(C)(O)c1ccc(Br)cc1F. The first-order valence-corrected chi connectivity index (χ1v) is 5.09. The lowest BCUT2D eigenvalue weighted by molar-refractivity contribution is 0.0554. The Kier molecular flexibility index (Phi) is 3.64. The van der Waals surface area contributed by atoms with Gasteiger partial charge in [0.15, 0.2) is 0 Å². The van der Waals surface area contributed by atoms with Gasteiger partial charge in [-0.15, -0.1) is 0 Å². The molecule has 1 aromatic rings. The minimum Gasteiger partial charge on any atom is -0.384 e. The molecule has 0 fully saturated rings. The van der Waals surface area contributed by atoms with E-state index in [2.05, 4.69) is 21.2 Å². The third kappa shape index (κ3) is 2.53. The molecule has 1 aromatic carbocycles. The number of rotatable bonds is 3. The second kappa shape index (κ2) is 4.38. The fourth-order valence-electron chi connectivity index (χ4n) is 1.37. The van der Waals surface area contributed by atoms with Gasteiger partial charge in [0.05, 0.1) is 0 Å². The van der Waals surface area contributed by atoms with Gasteiger partial charge in [-0.25, -0.2) is 4.39 Å². The smallest absolute Gasteiger partial charge is 0.130 e. The molecule has 0 saturated carbocycles. The molecule has 0 aliphatic heterocycles. The van der Waals surface area contributed by atoms with Gasteiger partial charge in [-0.3, -0.25) is 0 Å². The summed E-state index contributed by atoms with van der Waals surface area (Å²) in [6, 6.07) is 4.64. The first kappa shape index (κ1) is 11.6. The molecular weight excluding hydrogens is 249 g/mol. The molecule has 0 aliphatic rings. The molecule has 78 valence electrons. The molecule has 2 nitrogen and oxygen atoms in total. The van der Waals surface area contributed by atoms with Crippen molar-refractivity contribution < 1.29 is 9.50 Å². The zero-order valence-electron chi connectivity index (χ0n) is 8.14. The summed E-state index contributed by atoms with van der Waals surface area (Å²) >= 11 is 3.16. The van der Waals surface area contributed by atoms with E-state index in [4.69, 9.17) is 0 Å². The third-order valence-electron chi connectivity index (χ3n) is 2.03. The van der Waals surface area contributed by atoms with Crippen LogP contribution < -0.4 is 5.32 Å². The Morgan fingerprint density at radius 3 is 2.71 bits per heavy atom. The van der Waals surface area contributed by atoms with Crippen molar-refractivity contribution in [2.24, 2.45) is 0 Å². The lowest BCUT2D eigenvalue weighted by atomic mass is 9.95. The Labute approximate surface area is 91.3 Å². The molecule has 0 saturated heterocycles. The Hall–Kier alpha value is -0.450. The van der Waals surface area contributed by atoms with Crippen molar-refractivity contribution >= 4 is 15.9 Å². The number of halogens is 2. The minimum absolute atomic E-state index is 0.301. The predicted molar refractivity (Wildman–Crippen MR) is 57.6 cm³/mol. The lowest BCUT2D eigenvalue weighted by Crippen LogP contribution is -2.34. The van der Waals surface area contributed by atoms with Crippen LogP contribution in [0.1, 0.15) is 12.5 Å². The quantitative estimate of drug-likeness (QED) is 0.873. The lowest BCUT2D eigenvalue weighted by Gasteiger charge is -2.23. The second-order valence-corrected chi connectivity index (χ2v) is 4.34. The highest BCUT2D eigenvalue weighted by Crippen LogP contribution is 2.25. The van der Waals surface area contributed by atoms with Crippen LogP contribution in [0.4, 0.5) is 4.39 Å². The van der Waals surface area contributed by atoms with Crippen molar-refractivity contribution in [2.45, 2.75) is 12.5 Å². The summed E-state index contributed by atoms with van der Waals surface area (Å²) in [5.41, 5.74) is -0.880. The molecule has 1 unspecified atom stereocenters. The zero-order valence-corrected chi connectivity index (χ0v) is 9.73. The summed E-state index contributed by atoms with van der Waals surface area (Å²) in [7, 11) is 1.71. The Morgan fingerprint density at radius 1 is 1.57 bits per heavy atom. The van der Waals surface area contributed by atoms with E-state index in [1.165, 1.54) is 6.07 Å². The standard InChI is InChI=1S/C10H13BrFNO/c1-10(14,6-13-2)8-4-3-7(11)5-9(8)12/h3-5,13-14H,6H2,1-2H3. The minimum atomic E-state index is -1.18. The normalized spacial score (nSPS) is 15.2. The highest BCUT2D eigenvalue weighted by atomic mass is 79.9. The van der Waals surface area contributed by atoms with Gasteiger partial charge in [-0.1, -0.05) is 22.0 Å². The molecule has 0 aromatic heterocycles. The average molecular weight is 262 g/mol. The van der Waals surface area contributed by atoms with Gasteiger partial charge in [-0.05, 0) is 26.1 Å². The molecule has 0 aliphatic carbocycles. The van der Waals surface area contributed by atoms with Gasteiger partial charge >= 0.3 is 0 Å². The summed E-state index contributed by atoms with van der Waals surface area (Å²) in [4.78, 5) is 0. The van der Waals surface area contributed by atoms with E-state index in [0.717, 1.165) is 0 Å². The van der Waals surface area contributed by atoms with Gasteiger partial charge in [0.2, 0.25) is 0 Å². The summed E-state index contributed by atoms with van der Waals surface area (Å²) in [5, 5.41) is 12.8. The highest BCUT2D eigenvalue weighted by molar-refractivity contribution is 9.10. The Balaban J connectivity index is 3.06. The van der Waals surface area contributed by atoms with E-state index in [1.807, 2.05) is 0 Å². The van der Waals surface area contributed by atoms with Crippen LogP contribution in [-0.4, -0.2) is 18.7 Å². The number of nitrogens with one attached hydrogen (secondary N) is 1. The fourth-order valence-corrected chi connectivity index (χ4v) is 1.70. The maximum Gasteiger partial charge on any atom is 0.130 e. The molecule has 2 N–H and O–H groups in total. The highest BCUT2D eigenvalue weighted by Gasteiger charge is 2.25. The molecule has 4 heteroatoms. The van der Waals surface area contributed by atoms with Crippen molar-refractivity contribution in [3.8, 4) is 0 Å². The summed E-state index contributed by atoms with van der Waals surface area (Å²) in [5.74, 6) is -0.403. The van der Waals surface area contributed by atoms with Crippen LogP contribution in [0.25, 0.3) is 0 Å². The van der Waals surface area contributed by atoms with Crippen LogP contribution in [0.15, 0.2) is 22.7 Å². The zero-order chi connectivity index (χ0) is 10.8. The maximum absolute atomic E-state index is 13.5. The molecule has 0 bridgehead atoms. The van der Waals surface area contributed by atoms with Crippen molar-refractivity contribution in [3.63, 3.8) is 0 Å². The average Bonchev–Trinajstić information content (AvgIpc) is 2.02. The van der Waals surface area contributed by atoms with Gasteiger partial charge in [0, 0.05) is 16.6 Å². The summed E-state index contributed by atoms with van der Waals surface area (Å²) in [6.07, 6.45) is 0. The first-order chi connectivity index (χ1) is 6.47. The van der Waals surface area contributed by atoms with Crippen LogP contribution in [0.5, 0.6) is 0 Å². The fraction of sp³-hybridized carbons (Fsp3) is 0.400. The summed E-state index contributed by atoms with van der Waals surface area (Å²) < 4.78 is 14.1. The molecule has 0 radical (unpaired) electrons. The number of aliphatic hydroxyl groups is 1. The van der Waals surface area contributed by atoms with Crippen LogP contribution >= 0.6 is 15.9 Å². The van der Waals surface area contributed by atoms with Crippen molar-refractivity contribution in [2.75, 3.05) is 13.6 Å². The van der Waals surface area contributed by atoms with Gasteiger partial charge in [0.25, 0.3) is 0 Å². The van der Waals surface area contributed by atoms with E-state index >= 15 is 0 Å². The van der Waals surface area contributed by atoms with Gasteiger partial charge in [-0.2, -0.15) is 0 Å². The Bertz CT molecular complexity index is 328. The predicted octanol–water partition coefficient (Wildman–Crippen LogP) is 2.02. The first-order valence-electron chi connectivity index (χ1n) is 4.30. The van der Waals surface area contributed by atoms with Crippen LogP contribution in [0, 0.1) is 5.82 Å². The Morgan fingerprint density at radius 2 is 2.21 bits per heavy atom. The molecule has 0 heterocycles. The van der Waals surface area contributed by atoms with Gasteiger partial charge in [0.1, 0.15) is 11.4 Å². The maximum atomic E-state index is 13.5. The summed E-state index contributed by atoms with van der Waals surface area (Å²) in [6.45, 7) is 1.89. The second-order valence-electron chi connectivity index (χ2n) is 3.43. The van der Waals surface area contributed by atoms with Crippen molar-refractivity contribution in [3.05, 3.63) is 34.1 Å². The number of hydrogen-bond acceptors (Lipinski definition) is 2. The van der Waals surface area contributed by atoms with E-state index in [1.54, 1.807) is 26.1 Å². The monoisotopic (exact) mass is 261 g/mol. The molecule has 14 heavy (non-hydrogen) atoms. The van der Waals surface area contributed by atoms with Crippen LogP contribution in [-0.2, 0) is 5.60 Å². The van der Waals surface area contributed by atoms with Crippen LogP contribution in [0.2, 0.25) is 0 Å². The molecular formula is C10H13BrFNO. The number of benzene rings is 1. The van der Waals surface area contributed by atoms with Crippen LogP contribution in [0.3, 0.4) is 0 Å². The third-order valence-corrected chi connectivity index (χ3v) is 2.53. The largest absolute Gasteiger partial charge is 0.384 e. The van der Waals surface area contributed by atoms with E-state index in [-0.39, 0.29) is 0 Å². The molecule has 1 atom stereocenters. The molecule has 1 rings (SSSR count). The van der Waals surface area contributed by atoms with Crippen molar-refractivity contribution in [1.29, 1.82) is 0 Å². The molecule has 0 spiro atoms. The molecule has 0 amide bonds. The van der Waals surface area contributed by atoms with E-state index in [0.29, 0.717) is 16.6 Å².